The Labute approximate surface area is 132 Å². The predicted molar refractivity (Wildman–Crippen MR) is 81.0 cm³/mol. The van der Waals surface area contributed by atoms with Gasteiger partial charge in [-0.2, -0.15) is 5.26 Å². The van der Waals surface area contributed by atoms with E-state index in [0.717, 1.165) is 0 Å². The lowest BCUT2D eigenvalue weighted by atomic mass is 10.2. The van der Waals surface area contributed by atoms with Gasteiger partial charge in [0.2, 0.25) is 0 Å². The van der Waals surface area contributed by atoms with Gasteiger partial charge >= 0.3 is 0 Å². The standard InChI is InChI=1S/C16H13N5O2/c1-21(16(22)15-6-11(8-17)9-19-15)10-12-7-14(20-23-12)13-4-2-3-5-18-13/h2-7,9,19H,10H2,1H3. The summed E-state index contributed by atoms with van der Waals surface area (Å²) < 4.78 is 5.26. The van der Waals surface area contributed by atoms with Crippen LogP contribution >= 0.6 is 0 Å². The van der Waals surface area contributed by atoms with E-state index >= 15 is 0 Å². The van der Waals surface area contributed by atoms with E-state index in [1.165, 1.54) is 17.2 Å². The molecule has 0 spiro atoms. The van der Waals surface area contributed by atoms with Gasteiger partial charge in [-0.1, -0.05) is 11.2 Å². The monoisotopic (exact) mass is 307 g/mol. The average Bonchev–Trinajstić information content (AvgIpc) is 3.24. The minimum atomic E-state index is -0.234. The smallest absolute Gasteiger partial charge is 0.270 e. The maximum absolute atomic E-state index is 12.3. The Morgan fingerprint density at radius 3 is 2.96 bits per heavy atom. The number of H-pyrrole nitrogens is 1. The average molecular weight is 307 g/mol. The maximum Gasteiger partial charge on any atom is 0.270 e. The SMILES string of the molecule is CN(Cc1cc(-c2ccccn2)no1)C(=O)c1cc(C#N)c[nH]1. The molecule has 7 nitrogen and oxygen atoms in total. The number of amides is 1. The Balaban J connectivity index is 1.71. The van der Waals surface area contributed by atoms with Crippen molar-refractivity contribution in [3.05, 3.63) is 59.7 Å². The predicted octanol–water partition coefficient (Wildman–Crippen LogP) is 2.21. The van der Waals surface area contributed by atoms with Crippen LogP contribution in [-0.4, -0.2) is 33.0 Å². The van der Waals surface area contributed by atoms with Crippen molar-refractivity contribution in [1.29, 1.82) is 5.26 Å². The largest absolute Gasteiger partial charge is 0.359 e. The zero-order valence-corrected chi connectivity index (χ0v) is 12.4. The van der Waals surface area contributed by atoms with Gasteiger partial charge in [-0.3, -0.25) is 9.78 Å². The molecule has 0 saturated heterocycles. The molecule has 3 aromatic rings. The third-order valence-electron chi connectivity index (χ3n) is 3.27. The van der Waals surface area contributed by atoms with Crippen molar-refractivity contribution in [2.24, 2.45) is 0 Å². The first-order valence-corrected chi connectivity index (χ1v) is 6.88. The molecule has 1 N–H and O–H groups in total. The fraction of sp³-hybridized carbons (Fsp3) is 0.125. The van der Waals surface area contributed by atoms with Gasteiger partial charge in [0.1, 0.15) is 17.5 Å². The lowest BCUT2D eigenvalue weighted by molar-refractivity contribution is 0.0767. The molecular weight excluding hydrogens is 294 g/mol. The fourth-order valence-corrected chi connectivity index (χ4v) is 2.12. The van der Waals surface area contributed by atoms with E-state index in [2.05, 4.69) is 15.1 Å². The maximum atomic E-state index is 12.3. The summed E-state index contributed by atoms with van der Waals surface area (Å²) in [5.74, 6) is 0.316. The van der Waals surface area contributed by atoms with Crippen LogP contribution in [0, 0.1) is 11.3 Å². The second-order valence-electron chi connectivity index (χ2n) is 4.97. The molecule has 114 valence electrons. The highest BCUT2D eigenvalue weighted by Gasteiger charge is 2.16. The molecular formula is C16H13N5O2. The van der Waals surface area contributed by atoms with Crippen molar-refractivity contribution in [2.75, 3.05) is 7.05 Å². The number of nitrogens with zero attached hydrogens (tertiary/aromatic N) is 4. The van der Waals surface area contributed by atoms with E-state index in [4.69, 9.17) is 9.78 Å². The summed E-state index contributed by atoms with van der Waals surface area (Å²) in [4.78, 5) is 20.7. The second-order valence-corrected chi connectivity index (χ2v) is 4.97. The summed E-state index contributed by atoms with van der Waals surface area (Å²) in [5.41, 5.74) is 2.10. The van der Waals surface area contributed by atoms with Crippen molar-refractivity contribution < 1.29 is 9.32 Å². The summed E-state index contributed by atoms with van der Waals surface area (Å²) in [5, 5.41) is 12.8. The van der Waals surface area contributed by atoms with Crippen LogP contribution in [0.2, 0.25) is 0 Å². The molecule has 0 aliphatic heterocycles. The fourth-order valence-electron chi connectivity index (χ4n) is 2.12. The van der Waals surface area contributed by atoms with Gasteiger partial charge in [-0.05, 0) is 18.2 Å². The van der Waals surface area contributed by atoms with E-state index in [-0.39, 0.29) is 12.5 Å². The first-order chi connectivity index (χ1) is 11.2. The third-order valence-corrected chi connectivity index (χ3v) is 3.27. The van der Waals surface area contributed by atoms with Crippen molar-refractivity contribution in [3.63, 3.8) is 0 Å². The normalized spacial score (nSPS) is 10.3. The second kappa shape index (κ2) is 6.15. The van der Waals surface area contributed by atoms with Crippen LogP contribution in [0.5, 0.6) is 0 Å². The molecule has 3 heterocycles. The minimum Gasteiger partial charge on any atom is -0.359 e. The minimum absolute atomic E-state index is 0.234. The number of aromatic nitrogens is 3. The molecule has 23 heavy (non-hydrogen) atoms. The van der Waals surface area contributed by atoms with E-state index in [9.17, 15) is 4.79 Å². The molecule has 3 aromatic heterocycles. The van der Waals surface area contributed by atoms with Crippen molar-refractivity contribution in [2.45, 2.75) is 6.54 Å². The van der Waals surface area contributed by atoms with E-state index in [1.54, 1.807) is 19.3 Å². The molecule has 0 atom stereocenters. The first-order valence-electron chi connectivity index (χ1n) is 6.88. The number of pyridine rings is 1. The molecule has 0 aliphatic carbocycles. The zero-order chi connectivity index (χ0) is 16.2. The first kappa shape index (κ1) is 14.5. The number of nitriles is 1. The van der Waals surface area contributed by atoms with Gasteiger partial charge in [0.15, 0.2) is 5.76 Å². The Morgan fingerprint density at radius 2 is 2.26 bits per heavy atom. The Bertz CT molecular complexity index is 860. The molecule has 0 aliphatic rings. The van der Waals surface area contributed by atoms with Gasteiger partial charge in [0.25, 0.3) is 5.91 Å². The molecule has 0 radical (unpaired) electrons. The topological polar surface area (TPSA) is 98.8 Å². The summed E-state index contributed by atoms with van der Waals surface area (Å²) in [6.45, 7) is 0.263. The van der Waals surface area contributed by atoms with Crippen LogP contribution in [0.4, 0.5) is 0 Å². The lowest BCUT2D eigenvalue weighted by Gasteiger charge is -2.13. The third kappa shape index (κ3) is 3.11. The highest BCUT2D eigenvalue weighted by Crippen LogP contribution is 2.17. The van der Waals surface area contributed by atoms with Gasteiger partial charge in [0.05, 0.1) is 17.8 Å². The van der Waals surface area contributed by atoms with Crippen molar-refractivity contribution in [1.82, 2.24) is 20.0 Å². The van der Waals surface area contributed by atoms with Gasteiger partial charge in [0, 0.05) is 25.5 Å². The molecule has 0 bridgehead atoms. The number of nitrogens with one attached hydrogen (secondary N) is 1. The van der Waals surface area contributed by atoms with Gasteiger partial charge < -0.3 is 14.4 Å². The van der Waals surface area contributed by atoms with Crippen LogP contribution in [0.25, 0.3) is 11.4 Å². The van der Waals surface area contributed by atoms with Crippen LogP contribution in [0.3, 0.4) is 0 Å². The molecule has 0 unspecified atom stereocenters. The number of aromatic amines is 1. The number of hydrogen-bond acceptors (Lipinski definition) is 5. The van der Waals surface area contributed by atoms with E-state index in [1.807, 2.05) is 24.3 Å². The molecule has 1 amide bonds. The van der Waals surface area contributed by atoms with Crippen LogP contribution in [-0.2, 0) is 6.54 Å². The van der Waals surface area contributed by atoms with Gasteiger partial charge in [-0.25, -0.2) is 0 Å². The Kier molecular flexibility index (Phi) is 3.89. The summed E-state index contributed by atoms with van der Waals surface area (Å²) in [6.07, 6.45) is 3.17. The highest BCUT2D eigenvalue weighted by atomic mass is 16.5. The molecule has 0 fully saturated rings. The highest BCUT2D eigenvalue weighted by molar-refractivity contribution is 5.92. The molecule has 0 aromatic carbocycles. The van der Waals surface area contributed by atoms with E-state index in [0.29, 0.717) is 28.4 Å². The molecule has 0 saturated carbocycles. The molecule has 7 heteroatoms. The van der Waals surface area contributed by atoms with Crippen molar-refractivity contribution in [3.8, 4) is 17.5 Å². The van der Waals surface area contributed by atoms with Crippen LogP contribution < -0.4 is 0 Å². The number of carbonyl (C=O) groups is 1. The Hall–Kier alpha value is -3.40. The Morgan fingerprint density at radius 1 is 1.39 bits per heavy atom. The van der Waals surface area contributed by atoms with Crippen molar-refractivity contribution >= 4 is 5.91 Å². The van der Waals surface area contributed by atoms with Crippen LogP contribution in [0.15, 0.2) is 47.2 Å². The quantitative estimate of drug-likeness (QED) is 0.796. The summed E-state index contributed by atoms with van der Waals surface area (Å²) in [7, 11) is 1.65. The number of rotatable bonds is 4. The number of hydrogen-bond donors (Lipinski definition) is 1. The summed E-state index contributed by atoms with van der Waals surface area (Å²) in [6, 6.07) is 10.8. The van der Waals surface area contributed by atoms with Gasteiger partial charge in [-0.15, -0.1) is 0 Å². The number of carbonyl (C=O) groups excluding carboxylic acids is 1. The lowest BCUT2D eigenvalue weighted by Crippen LogP contribution is -2.26. The zero-order valence-electron chi connectivity index (χ0n) is 12.4. The molecule has 3 rings (SSSR count). The summed E-state index contributed by atoms with van der Waals surface area (Å²) >= 11 is 0. The van der Waals surface area contributed by atoms with E-state index < -0.39 is 0 Å². The van der Waals surface area contributed by atoms with Crippen LogP contribution in [0.1, 0.15) is 21.8 Å².